The molecule has 0 saturated carbocycles. The molecule has 1 atom stereocenters. The van der Waals surface area contributed by atoms with Crippen molar-refractivity contribution in [3.8, 4) is 16.3 Å². The zero-order valence-corrected chi connectivity index (χ0v) is 17.4. The summed E-state index contributed by atoms with van der Waals surface area (Å²) in [5, 5.41) is 5.71. The van der Waals surface area contributed by atoms with E-state index in [2.05, 4.69) is 10.3 Å². The summed E-state index contributed by atoms with van der Waals surface area (Å²) in [6.07, 6.45) is 1.39. The normalized spacial score (nSPS) is 20.0. The first-order valence-corrected chi connectivity index (χ1v) is 10.9. The summed E-state index contributed by atoms with van der Waals surface area (Å²) in [7, 11) is 0. The molecule has 1 saturated heterocycles. The Morgan fingerprint density at radius 3 is 2.77 bits per heavy atom. The van der Waals surface area contributed by atoms with E-state index in [0.29, 0.717) is 18.7 Å². The highest BCUT2D eigenvalue weighted by atomic mass is 32.1. The molecule has 0 unspecified atom stereocenters. The lowest BCUT2D eigenvalue weighted by Crippen LogP contribution is -2.41. The van der Waals surface area contributed by atoms with Crippen LogP contribution in [0.2, 0.25) is 0 Å². The molecule has 1 N–H and O–H groups in total. The Hall–Kier alpha value is -3.19. The zero-order chi connectivity index (χ0) is 20.7. The van der Waals surface area contributed by atoms with E-state index in [4.69, 9.17) is 4.74 Å². The van der Waals surface area contributed by atoms with Crippen LogP contribution in [-0.2, 0) is 23.3 Å². The molecule has 0 radical (unpaired) electrons. The van der Waals surface area contributed by atoms with Crippen LogP contribution in [0.1, 0.15) is 30.2 Å². The summed E-state index contributed by atoms with van der Waals surface area (Å²) < 4.78 is 5.48. The number of thiazole rings is 1. The first kappa shape index (κ1) is 18.8. The fourth-order valence-corrected chi connectivity index (χ4v) is 5.08. The number of aryl methyl sites for hydroxylation is 1. The van der Waals surface area contributed by atoms with Gasteiger partial charge >= 0.3 is 6.03 Å². The van der Waals surface area contributed by atoms with Gasteiger partial charge in [0.15, 0.2) is 0 Å². The van der Waals surface area contributed by atoms with Gasteiger partial charge in [0.05, 0.1) is 18.8 Å². The predicted molar refractivity (Wildman–Crippen MR) is 114 cm³/mol. The van der Waals surface area contributed by atoms with Crippen LogP contribution in [0.5, 0.6) is 5.75 Å². The molecule has 30 heavy (non-hydrogen) atoms. The summed E-state index contributed by atoms with van der Waals surface area (Å²) in [6.45, 7) is 2.74. The lowest BCUT2D eigenvalue weighted by atomic mass is 9.92. The van der Waals surface area contributed by atoms with E-state index in [9.17, 15) is 9.59 Å². The summed E-state index contributed by atoms with van der Waals surface area (Å²) in [5.41, 5.74) is 2.80. The van der Waals surface area contributed by atoms with Gasteiger partial charge < -0.3 is 10.1 Å². The fraction of sp³-hybridized carbons (Fsp3) is 0.261. The van der Waals surface area contributed by atoms with Crippen molar-refractivity contribution in [1.82, 2.24) is 15.2 Å². The Balaban J connectivity index is 1.36. The van der Waals surface area contributed by atoms with Crippen molar-refractivity contribution in [3.05, 3.63) is 70.7 Å². The second kappa shape index (κ2) is 7.25. The second-order valence-corrected chi connectivity index (χ2v) is 8.34. The highest BCUT2D eigenvalue weighted by molar-refractivity contribution is 7.13. The number of aromatic nitrogens is 1. The number of hydrogen-bond acceptors (Lipinski definition) is 5. The van der Waals surface area contributed by atoms with Crippen molar-refractivity contribution in [1.29, 1.82) is 0 Å². The number of ether oxygens (including phenoxy) is 1. The molecule has 7 heteroatoms. The Labute approximate surface area is 178 Å². The molecule has 0 bridgehead atoms. The van der Waals surface area contributed by atoms with Gasteiger partial charge in [-0.25, -0.2) is 9.78 Å². The fourth-order valence-electron chi connectivity index (χ4n) is 4.27. The van der Waals surface area contributed by atoms with Crippen LogP contribution in [0.25, 0.3) is 10.6 Å². The Morgan fingerprint density at radius 2 is 1.97 bits per heavy atom. The Kier molecular flexibility index (Phi) is 4.55. The number of nitrogens with zero attached hydrogens (tertiary/aromatic N) is 2. The van der Waals surface area contributed by atoms with Crippen LogP contribution in [0.3, 0.4) is 0 Å². The maximum absolute atomic E-state index is 13.3. The van der Waals surface area contributed by atoms with Gasteiger partial charge in [0.2, 0.25) is 0 Å². The molecule has 3 aromatic rings. The molecule has 1 spiro atoms. The zero-order valence-electron chi connectivity index (χ0n) is 16.6. The van der Waals surface area contributed by atoms with Gasteiger partial charge in [-0.2, -0.15) is 0 Å². The van der Waals surface area contributed by atoms with Crippen LogP contribution < -0.4 is 10.1 Å². The molecule has 6 nitrogen and oxygen atoms in total. The molecule has 1 fully saturated rings. The number of imide groups is 1. The van der Waals surface area contributed by atoms with Gasteiger partial charge in [-0.05, 0) is 55.2 Å². The highest BCUT2D eigenvalue weighted by Gasteiger charge is 2.55. The third-order valence-corrected chi connectivity index (χ3v) is 6.65. The molecule has 5 rings (SSSR count). The van der Waals surface area contributed by atoms with Gasteiger partial charge in [0.1, 0.15) is 16.3 Å². The van der Waals surface area contributed by atoms with Crippen molar-refractivity contribution in [2.75, 3.05) is 6.61 Å². The second-order valence-electron chi connectivity index (χ2n) is 7.49. The summed E-state index contributed by atoms with van der Waals surface area (Å²) in [6, 6.07) is 15.3. The molecular weight excluding hydrogens is 398 g/mol. The molecule has 2 aliphatic rings. The van der Waals surface area contributed by atoms with E-state index >= 15 is 0 Å². The number of benzene rings is 2. The van der Waals surface area contributed by atoms with Gasteiger partial charge in [-0.1, -0.05) is 24.3 Å². The SMILES string of the molecule is CCOc1ccc(-c2nc(CN3C(=O)N[C@]4(CCc5ccccc54)C3=O)cs2)cc1. The predicted octanol–water partition coefficient (Wildman–Crippen LogP) is 4.10. The standard InChI is InChI=1S/C23H21N3O3S/c1-2-29-18-9-7-16(8-10-18)20-24-17(14-30-20)13-26-21(27)23(25-22(26)28)12-11-15-5-3-4-6-19(15)23/h3-10,14H,2,11-13H2,1H3,(H,25,28)/t23-/m0/s1. The number of nitrogens with one attached hydrogen (secondary N) is 1. The molecule has 2 aromatic carbocycles. The Morgan fingerprint density at radius 1 is 1.17 bits per heavy atom. The average molecular weight is 420 g/mol. The minimum absolute atomic E-state index is 0.169. The number of carbonyl (C=O) groups is 2. The number of rotatable bonds is 5. The van der Waals surface area contributed by atoms with Crippen LogP contribution in [0.15, 0.2) is 53.9 Å². The largest absolute Gasteiger partial charge is 0.494 e. The van der Waals surface area contributed by atoms with Gasteiger partial charge in [0.25, 0.3) is 5.91 Å². The van der Waals surface area contributed by atoms with Crippen molar-refractivity contribution in [2.24, 2.45) is 0 Å². The van der Waals surface area contributed by atoms with Crippen LogP contribution in [0.4, 0.5) is 4.79 Å². The summed E-state index contributed by atoms with van der Waals surface area (Å²) >= 11 is 1.50. The molecule has 2 heterocycles. The minimum atomic E-state index is -0.929. The van der Waals surface area contributed by atoms with E-state index in [1.807, 2.05) is 60.8 Å². The number of urea groups is 1. The van der Waals surface area contributed by atoms with Crippen molar-refractivity contribution >= 4 is 23.3 Å². The molecule has 3 amide bonds. The average Bonchev–Trinajstić information content (AvgIpc) is 3.44. The van der Waals surface area contributed by atoms with E-state index < -0.39 is 5.54 Å². The first-order chi connectivity index (χ1) is 14.6. The third-order valence-electron chi connectivity index (χ3n) is 5.71. The maximum atomic E-state index is 13.3. The number of fused-ring (bicyclic) bond motifs is 2. The topological polar surface area (TPSA) is 71.5 Å². The van der Waals surface area contributed by atoms with E-state index in [1.54, 1.807) is 0 Å². The Bertz CT molecular complexity index is 1120. The molecule has 152 valence electrons. The molecule has 1 aromatic heterocycles. The number of carbonyl (C=O) groups excluding carboxylic acids is 2. The van der Waals surface area contributed by atoms with Crippen molar-refractivity contribution in [3.63, 3.8) is 0 Å². The third kappa shape index (κ3) is 2.97. The van der Waals surface area contributed by atoms with Crippen molar-refractivity contribution < 1.29 is 14.3 Å². The molecule has 1 aliphatic carbocycles. The lowest BCUT2D eigenvalue weighted by Gasteiger charge is -2.22. The minimum Gasteiger partial charge on any atom is -0.494 e. The van der Waals surface area contributed by atoms with Crippen LogP contribution in [-0.4, -0.2) is 28.4 Å². The number of amides is 3. The first-order valence-electron chi connectivity index (χ1n) is 10.0. The quantitative estimate of drug-likeness (QED) is 0.632. The summed E-state index contributed by atoms with van der Waals surface area (Å²) in [4.78, 5) is 31.9. The van der Waals surface area contributed by atoms with E-state index in [0.717, 1.165) is 33.9 Å². The highest BCUT2D eigenvalue weighted by Crippen LogP contribution is 2.41. The van der Waals surface area contributed by atoms with Gasteiger partial charge in [-0.15, -0.1) is 11.3 Å². The number of hydrogen-bond donors (Lipinski definition) is 1. The summed E-state index contributed by atoms with van der Waals surface area (Å²) in [5.74, 6) is 0.632. The van der Waals surface area contributed by atoms with Crippen LogP contribution in [0, 0.1) is 0 Å². The molecule has 1 aliphatic heterocycles. The van der Waals surface area contributed by atoms with Gasteiger partial charge in [-0.3, -0.25) is 9.69 Å². The van der Waals surface area contributed by atoms with Crippen LogP contribution >= 0.6 is 11.3 Å². The smallest absolute Gasteiger partial charge is 0.325 e. The van der Waals surface area contributed by atoms with Gasteiger partial charge in [0, 0.05) is 10.9 Å². The van der Waals surface area contributed by atoms with E-state index in [-0.39, 0.29) is 18.5 Å². The maximum Gasteiger partial charge on any atom is 0.325 e. The monoisotopic (exact) mass is 419 g/mol. The lowest BCUT2D eigenvalue weighted by molar-refractivity contribution is -0.132. The van der Waals surface area contributed by atoms with E-state index in [1.165, 1.54) is 16.2 Å². The van der Waals surface area contributed by atoms with Crippen molar-refractivity contribution in [2.45, 2.75) is 31.8 Å². The molecular formula is C23H21N3O3S.